The van der Waals surface area contributed by atoms with Gasteiger partial charge in [-0.05, 0) is 36.4 Å². The van der Waals surface area contributed by atoms with Gasteiger partial charge in [0.05, 0.1) is 11.5 Å². The van der Waals surface area contributed by atoms with Crippen LogP contribution >= 0.6 is 0 Å². The summed E-state index contributed by atoms with van der Waals surface area (Å²) in [4.78, 5) is 0. The van der Waals surface area contributed by atoms with E-state index in [0.717, 1.165) is 19.4 Å². The smallest absolute Gasteiger partial charge is 0.200 e. The number of rotatable bonds is 9. The summed E-state index contributed by atoms with van der Waals surface area (Å²) in [6, 6.07) is 2.33. The molecular weight excluding hydrogens is 262 g/mol. The third-order valence-corrected chi connectivity index (χ3v) is 10.7. The van der Waals surface area contributed by atoms with Crippen LogP contribution in [0.4, 0.5) is 0 Å². The van der Waals surface area contributed by atoms with Crippen molar-refractivity contribution in [2.45, 2.75) is 77.9 Å². The van der Waals surface area contributed by atoms with Gasteiger partial charge < -0.3 is 4.43 Å². The monoisotopic (exact) mass is 295 g/mol. The Hall–Kier alpha value is -0.593. The summed E-state index contributed by atoms with van der Waals surface area (Å²) in [6.07, 6.45) is 3.51. The van der Waals surface area contributed by atoms with Crippen molar-refractivity contribution in [1.82, 2.24) is 0 Å². The Kier molecular flexibility index (Phi) is 7.76. The molecule has 0 heterocycles. The highest BCUT2D eigenvalue weighted by Gasteiger charge is 2.44. The van der Waals surface area contributed by atoms with Gasteiger partial charge in [-0.25, -0.2) is 0 Å². The van der Waals surface area contributed by atoms with E-state index in [-0.39, 0.29) is 0 Å². The topological polar surface area (TPSA) is 33.0 Å². The van der Waals surface area contributed by atoms with Crippen LogP contribution in [0.25, 0.3) is 0 Å². The SMILES string of the molecule is C=C[C@@](C)(C#N)CCCO[Si](C(C)C)(C(C)C)C(C)C. The van der Waals surface area contributed by atoms with E-state index in [1.165, 1.54) is 0 Å². The standard InChI is InChI=1S/C17H33NOSi/c1-9-17(8,13-18)11-10-12-19-20(14(2)3,15(4)5)16(6)7/h9,14-16H,1,10-12H2,2-8H3/t17-/m1/s1. The Morgan fingerprint density at radius 1 is 1.15 bits per heavy atom. The molecule has 0 fully saturated rings. The molecule has 0 unspecified atom stereocenters. The van der Waals surface area contributed by atoms with Gasteiger partial charge in [-0.3, -0.25) is 0 Å². The third kappa shape index (κ3) is 4.46. The van der Waals surface area contributed by atoms with Crippen LogP contribution in [0, 0.1) is 16.7 Å². The van der Waals surface area contributed by atoms with Gasteiger partial charge in [-0.1, -0.05) is 47.6 Å². The first-order chi connectivity index (χ1) is 9.16. The molecule has 0 radical (unpaired) electrons. The fourth-order valence-corrected chi connectivity index (χ4v) is 8.89. The van der Waals surface area contributed by atoms with Crippen molar-refractivity contribution >= 4 is 8.32 Å². The number of allylic oxidation sites excluding steroid dienone is 1. The van der Waals surface area contributed by atoms with Gasteiger partial charge in [0.2, 0.25) is 0 Å². The van der Waals surface area contributed by atoms with Gasteiger partial charge in [0, 0.05) is 6.61 Å². The second-order valence-corrected chi connectivity index (χ2v) is 12.5. The number of nitriles is 1. The van der Waals surface area contributed by atoms with Crippen molar-refractivity contribution in [3.63, 3.8) is 0 Å². The molecule has 2 nitrogen and oxygen atoms in total. The third-order valence-electron chi connectivity index (χ3n) is 4.61. The first kappa shape index (κ1) is 19.4. The first-order valence-corrected chi connectivity index (χ1v) is 9.99. The van der Waals surface area contributed by atoms with E-state index >= 15 is 0 Å². The van der Waals surface area contributed by atoms with E-state index in [9.17, 15) is 0 Å². The van der Waals surface area contributed by atoms with Crippen molar-refractivity contribution < 1.29 is 4.43 Å². The molecule has 20 heavy (non-hydrogen) atoms. The van der Waals surface area contributed by atoms with Crippen LogP contribution in [0.2, 0.25) is 16.6 Å². The van der Waals surface area contributed by atoms with Crippen LogP contribution in [0.5, 0.6) is 0 Å². The summed E-state index contributed by atoms with van der Waals surface area (Å²) in [6.45, 7) is 20.3. The molecule has 0 aliphatic carbocycles. The molecule has 0 spiro atoms. The molecule has 0 aromatic carbocycles. The summed E-state index contributed by atoms with van der Waals surface area (Å²) < 4.78 is 6.49. The fourth-order valence-electron chi connectivity index (χ4n) is 3.39. The molecule has 0 saturated carbocycles. The summed E-state index contributed by atoms with van der Waals surface area (Å²) in [5, 5.41) is 9.16. The average molecular weight is 296 g/mol. The number of hydrogen-bond donors (Lipinski definition) is 0. The Labute approximate surface area is 127 Å². The summed E-state index contributed by atoms with van der Waals surface area (Å²) in [5.74, 6) is 0. The zero-order valence-electron chi connectivity index (χ0n) is 14.5. The van der Waals surface area contributed by atoms with Crippen molar-refractivity contribution in [3.8, 4) is 6.07 Å². The van der Waals surface area contributed by atoms with E-state index < -0.39 is 13.7 Å². The number of hydrogen-bond acceptors (Lipinski definition) is 2. The fraction of sp³-hybridized carbons (Fsp3) is 0.824. The van der Waals surface area contributed by atoms with Crippen LogP contribution in [0.3, 0.4) is 0 Å². The van der Waals surface area contributed by atoms with Crippen molar-refractivity contribution in [2.24, 2.45) is 5.41 Å². The van der Waals surface area contributed by atoms with Gasteiger partial charge >= 0.3 is 0 Å². The summed E-state index contributed by atoms with van der Waals surface area (Å²) >= 11 is 0. The molecule has 0 N–H and O–H groups in total. The van der Waals surface area contributed by atoms with E-state index in [1.54, 1.807) is 6.08 Å². The zero-order valence-corrected chi connectivity index (χ0v) is 15.5. The second kappa shape index (κ2) is 8.00. The zero-order chi connectivity index (χ0) is 16.0. The van der Waals surface area contributed by atoms with E-state index in [4.69, 9.17) is 9.69 Å². The van der Waals surface area contributed by atoms with E-state index in [0.29, 0.717) is 16.6 Å². The molecule has 0 rings (SSSR count). The van der Waals surface area contributed by atoms with Crippen molar-refractivity contribution in [2.75, 3.05) is 6.61 Å². The van der Waals surface area contributed by atoms with Crippen LogP contribution in [0.15, 0.2) is 12.7 Å². The van der Waals surface area contributed by atoms with Gasteiger partial charge in [-0.2, -0.15) is 5.26 Å². The Morgan fingerprint density at radius 3 is 1.90 bits per heavy atom. The summed E-state index contributed by atoms with van der Waals surface area (Å²) in [5.41, 5.74) is 1.43. The molecular formula is C17H33NOSi. The lowest BCUT2D eigenvalue weighted by Gasteiger charge is -2.42. The molecule has 0 amide bonds. The minimum atomic E-state index is -1.75. The molecule has 3 heteroatoms. The highest BCUT2D eigenvalue weighted by Crippen LogP contribution is 2.42. The maximum Gasteiger partial charge on any atom is 0.200 e. The van der Waals surface area contributed by atoms with Crippen LogP contribution in [0.1, 0.15) is 61.3 Å². The summed E-state index contributed by atoms with van der Waals surface area (Å²) in [7, 11) is -1.75. The molecule has 0 aliphatic rings. The predicted molar refractivity (Wildman–Crippen MR) is 90.2 cm³/mol. The normalized spacial score (nSPS) is 15.4. The predicted octanol–water partition coefficient (Wildman–Crippen LogP) is 5.67. The van der Waals surface area contributed by atoms with Gasteiger partial charge in [0.15, 0.2) is 8.32 Å². The molecule has 0 bridgehead atoms. The molecule has 116 valence electrons. The largest absolute Gasteiger partial charge is 0.416 e. The second-order valence-electron chi connectivity index (χ2n) is 7.00. The maximum atomic E-state index is 9.16. The molecule has 0 aromatic rings. The molecule has 0 saturated heterocycles. The van der Waals surface area contributed by atoms with Crippen molar-refractivity contribution in [1.29, 1.82) is 5.26 Å². The minimum Gasteiger partial charge on any atom is -0.416 e. The van der Waals surface area contributed by atoms with Crippen LogP contribution in [-0.4, -0.2) is 14.9 Å². The quantitative estimate of drug-likeness (QED) is 0.312. The van der Waals surface area contributed by atoms with Crippen molar-refractivity contribution in [3.05, 3.63) is 12.7 Å². The maximum absolute atomic E-state index is 9.16. The van der Waals surface area contributed by atoms with Crippen LogP contribution < -0.4 is 0 Å². The lowest BCUT2D eigenvalue weighted by molar-refractivity contribution is 0.258. The lowest BCUT2D eigenvalue weighted by Crippen LogP contribution is -2.48. The highest BCUT2D eigenvalue weighted by molar-refractivity contribution is 6.77. The molecule has 1 atom stereocenters. The highest BCUT2D eigenvalue weighted by atomic mass is 28.4. The Bertz CT molecular complexity index is 322. The lowest BCUT2D eigenvalue weighted by atomic mass is 9.88. The van der Waals surface area contributed by atoms with Crippen LogP contribution in [-0.2, 0) is 4.43 Å². The van der Waals surface area contributed by atoms with E-state index in [1.807, 2.05) is 6.92 Å². The van der Waals surface area contributed by atoms with E-state index in [2.05, 4.69) is 54.2 Å². The van der Waals surface area contributed by atoms with Gasteiger partial charge in [0.1, 0.15) is 0 Å². The Morgan fingerprint density at radius 2 is 1.60 bits per heavy atom. The molecule has 0 aliphatic heterocycles. The van der Waals surface area contributed by atoms with Gasteiger partial charge in [0.25, 0.3) is 0 Å². The first-order valence-electron chi connectivity index (χ1n) is 7.85. The molecule has 0 aromatic heterocycles. The van der Waals surface area contributed by atoms with Gasteiger partial charge in [-0.15, -0.1) is 6.58 Å². The number of nitrogens with zero attached hydrogens (tertiary/aromatic N) is 1. The minimum absolute atomic E-state index is 0.416. The Balaban J connectivity index is 4.67. The average Bonchev–Trinajstić information content (AvgIpc) is 2.37.